The second-order valence-electron chi connectivity index (χ2n) is 4.90. The van der Waals surface area contributed by atoms with E-state index in [-0.39, 0.29) is 11.6 Å². The number of hydrogen-bond donors (Lipinski definition) is 2. The summed E-state index contributed by atoms with van der Waals surface area (Å²) in [7, 11) is 0. The first-order valence-corrected chi connectivity index (χ1v) is 7.24. The molecule has 6 nitrogen and oxygen atoms in total. The summed E-state index contributed by atoms with van der Waals surface area (Å²) in [5.41, 5.74) is 0.980. The molecule has 1 aliphatic carbocycles. The van der Waals surface area contributed by atoms with Gasteiger partial charge < -0.3 is 10.6 Å². The van der Waals surface area contributed by atoms with Crippen LogP contribution in [0.5, 0.6) is 0 Å². The number of carbonyl (C=O) groups excluding carboxylic acids is 1. The van der Waals surface area contributed by atoms with E-state index < -0.39 is 4.92 Å². The van der Waals surface area contributed by atoms with Crippen molar-refractivity contribution in [2.24, 2.45) is 0 Å². The molecule has 0 atom stereocenters. The van der Waals surface area contributed by atoms with Gasteiger partial charge in [0.2, 0.25) is 5.91 Å². The Kier molecular flexibility index (Phi) is 4.72. The number of anilines is 1. The molecule has 0 unspecified atom stereocenters. The zero-order valence-electron chi connectivity index (χ0n) is 11.1. The average molecular weight is 342 g/mol. The standard InChI is InChI=1S/C13H16BrN3O3/c1-8-6-10(14)11(7-12(8)17(19)20)16-13(18)4-5-15-9-2-3-9/h6-7,9,15H,2-5H2,1H3,(H,16,18). The molecule has 2 rings (SSSR count). The van der Waals surface area contributed by atoms with Crippen LogP contribution in [0.3, 0.4) is 0 Å². The molecular formula is C13H16BrN3O3. The molecule has 7 heteroatoms. The van der Waals surface area contributed by atoms with Gasteiger partial charge in [0, 0.05) is 35.1 Å². The van der Waals surface area contributed by atoms with Gasteiger partial charge >= 0.3 is 0 Å². The summed E-state index contributed by atoms with van der Waals surface area (Å²) in [5, 5.41) is 16.8. The number of nitro benzene ring substituents is 1. The number of halogens is 1. The second-order valence-corrected chi connectivity index (χ2v) is 5.76. The van der Waals surface area contributed by atoms with Crippen LogP contribution in [0, 0.1) is 17.0 Å². The van der Waals surface area contributed by atoms with Crippen molar-refractivity contribution in [3.05, 3.63) is 32.3 Å². The molecule has 1 aromatic rings. The van der Waals surface area contributed by atoms with Gasteiger partial charge in [0.1, 0.15) is 0 Å². The van der Waals surface area contributed by atoms with E-state index in [0.717, 1.165) is 0 Å². The lowest BCUT2D eigenvalue weighted by atomic mass is 10.2. The highest BCUT2D eigenvalue weighted by Gasteiger charge is 2.20. The summed E-state index contributed by atoms with van der Waals surface area (Å²) < 4.78 is 0.643. The SMILES string of the molecule is Cc1cc(Br)c(NC(=O)CCNC2CC2)cc1[N+](=O)[O-]. The van der Waals surface area contributed by atoms with Gasteiger partial charge in [-0.15, -0.1) is 0 Å². The topological polar surface area (TPSA) is 84.3 Å². The van der Waals surface area contributed by atoms with Crippen molar-refractivity contribution in [3.8, 4) is 0 Å². The third kappa shape index (κ3) is 4.01. The largest absolute Gasteiger partial charge is 0.325 e. The summed E-state index contributed by atoms with van der Waals surface area (Å²) in [5.74, 6) is -0.156. The molecule has 0 bridgehead atoms. The first-order chi connectivity index (χ1) is 9.47. The fraction of sp³-hybridized carbons (Fsp3) is 0.462. The number of nitrogens with zero attached hydrogens (tertiary/aromatic N) is 1. The molecule has 108 valence electrons. The fourth-order valence-electron chi connectivity index (χ4n) is 1.84. The molecule has 0 aromatic heterocycles. The first-order valence-electron chi connectivity index (χ1n) is 6.45. The maximum Gasteiger partial charge on any atom is 0.274 e. The maximum absolute atomic E-state index is 11.8. The minimum atomic E-state index is -0.452. The van der Waals surface area contributed by atoms with Gasteiger partial charge in [-0.3, -0.25) is 14.9 Å². The lowest BCUT2D eigenvalue weighted by Gasteiger charge is -2.09. The van der Waals surface area contributed by atoms with Crippen LogP contribution in [0.25, 0.3) is 0 Å². The lowest BCUT2D eigenvalue weighted by molar-refractivity contribution is -0.385. The minimum absolute atomic E-state index is 0.000365. The number of nitrogens with one attached hydrogen (secondary N) is 2. The molecule has 0 saturated heterocycles. The molecule has 0 heterocycles. The average Bonchev–Trinajstić information content (AvgIpc) is 3.16. The van der Waals surface area contributed by atoms with E-state index in [1.54, 1.807) is 13.0 Å². The van der Waals surface area contributed by atoms with Crippen molar-refractivity contribution in [1.82, 2.24) is 5.32 Å². The Morgan fingerprint density at radius 1 is 1.50 bits per heavy atom. The summed E-state index contributed by atoms with van der Waals surface area (Å²) in [4.78, 5) is 22.2. The number of amides is 1. The first kappa shape index (κ1) is 14.9. The lowest BCUT2D eigenvalue weighted by Crippen LogP contribution is -2.23. The Hall–Kier alpha value is -1.47. The number of nitro groups is 1. The van der Waals surface area contributed by atoms with E-state index in [4.69, 9.17) is 0 Å². The van der Waals surface area contributed by atoms with E-state index >= 15 is 0 Å². The molecule has 2 N–H and O–H groups in total. The van der Waals surface area contributed by atoms with Crippen molar-refractivity contribution in [2.45, 2.75) is 32.2 Å². The van der Waals surface area contributed by atoms with Crippen LogP contribution in [-0.4, -0.2) is 23.4 Å². The van der Waals surface area contributed by atoms with E-state index in [1.807, 2.05) is 0 Å². The van der Waals surface area contributed by atoms with Crippen molar-refractivity contribution in [1.29, 1.82) is 0 Å². The number of benzene rings is 1. The van der Waals surface area contributed by atoms with Crippen LogP contribution < -0.4 is 10.6 Å². The Morgan fingerprint density at radius 2 is 2.20 bits per heavy atom. The van der Waals surface area contributed by atoms with Crippen molar-refractivity contribution in [3.63, 3.8) is 0 Å². The molecule has 1 fully saturated rings. The molecule has 0 radical (unpaired) electrons. The Morgan fingerprint density at radius 3 is 2.80 bits per heavy atom. The summed E-state index contributed by atoms with van der Waals surface area (Å²) in [6.07, 6.45) is 2.71. The second kappa shape index (κ2) is 6.32. The highest BCUT2D eigenvalue weighted by molar-refractivity contribution is 9.10. The van der Waals surface area contributed by atoms with Crippen LogP contribution in [0.1, 0.15) is 24.8 Å². The quantitative estimate of drug-likeness (QED) is 0.615. The molecular weight excluding hydrogens is 326 g/mol. The van der Waals surface area contributed by atoms with Gasteiger partial charge in [0.25, 0.3) is 5.69 Å². The summed E-state index contributed by atoms with van der Waals surface area (Å²) in [6, 6.07) is 3.58. The maximum atomic E-state index is 11.8. The smallest absolute Gasteiger partial charge is 0.274 e. The van der Waals surface area contributed by atoms with Crippen LogP contribution in [-0.2, 0) is 4.79 Å². The van der Waals surface area contributed by atoms with E-state index in [2.05, 4.69) is 26.6 Å². The van der Waals surface area contributed by atoms with Crippen LogP contribution in [0.15, 0.2) is 16.6 Å². The van der Waals surface area contributed by atoms with Crippen LogP contribution in [0.2, 0.25) is 0 Å². The minimum Gasteiger partial charge on any atom is -0.325 e. The predicted octanol–water partition coefficient (Wildman–Crippen LogP) is 2.75. The Labute approximate surface area is 125 Å². The normalized spacial score (nSPS) is 14.1. The van der Waals surface area contributed by atoms with E-state index in [0.29, 0.717) is 34.7 Å². The van der Waals surface area contributed by atoms with Gasteiger partial charge in [-0.05, 0) is 41.8 Å². The van der Waals surface area contributed by atoms with Crippen molar-refractivity contribution >= 4 is 33.2 Å². The number of aryl methyl sites for hydroxylation is 1. The highest BCUT2D eigenvalue weighted by atomic mass is 79.9. The molecule has 0 aliphatic heterocycles. The van der Waals surface area contributed by atoms with Crippen molar-refractivity contribution in [2.75, 3.05) is 11.9 Å². The van der Waals surface area contributed by atoms with Gasteiger partial charge in [-0.1, -0.05) is 0 Å². The Bertz CT molecular complexity index is 544. The molecule has 1 amide bonds. The zero-order chi connectivity index (χ0) is 14.7. The van der Waals surface area contributed by atoms with Gasteiger partial charge in [-0.25, -0.2) is 0 Å². The number of hydrogen-bond acceptors (Lipinski definition) is 4. The zero-order valence-corrected chi connectivity index (χ0v) is 12.7. The molecule has 0 spiro atoms. The number of rotatable bonds is 6. The number of carbonyl (C=O) groups is 1. The van der Waals surface area contributed by atoms with E-state index in [1.165, 1.54) is 18.9 Å². The van der Waals surface area contributed by atoms with Crippen molar-refractivity contribution < 1.29 is 9.72 Å². The molecule has 1 aromatic carbocycles. The summed E-state index contributed by atoms with van der Waals surface area (Å²) in [6.45, 7) is 2.29. The predicted molar refractivity (Wildman–Crippen MR) is 79.8 cm³/mol. The fourth-order valence-corrected chi connectivity index (χ4v) is 2.40. The molecule has 1 aliphatic rings. The summed E-state index contributed by atoms with van der Waals surface area (Å²) >= 11 is 3.31. The highest BCUT2D eigenvalue weighted by Crippen LogP contribution is 2.30. The van der Waals surface area contributed by atoms with Crippen LogP contribution in [0.4, 0.5) is 11.4 Å². The van der Waals surface area contributed by atoms with Gasteiger partial charge in [-0.2, -0.15) is 0 Å². The van der Waals surface area contributed by atoms with E-state index in [9.17, 15) is 14.9 Å². The molecule has 1 saturated carbocycles. The monoisotopic (exact) mass is 341 g/mol. The third-order valence-electron chi connectivity index (χ3n) is 3.12. The Balaban J connectivity index is 1.98. The van der Waals surface area contributed by atoms with Crippen LogP contribution >= 0.6 is 15.9 Å². The third-order valence-corrected chi connectivity index (χ3v) is 3.77. The van der Waals surface area contributed by atoms with Gasteiger partial charge in [0.05, 0.1) is 10.6 Å². The van der Waals surface area contributed by atoms with Gasteiger partial charge in [0.15, 0.2) is 0 Å². The molecule has 20 heavy (non-hydrogen) atoms.